The van der Waals surface area contributed by atoms with E-state index >= 15 is 0 Å². The Morgan fingerprint density at radius 2 is 1.83 bits per heavy atom. The fourth-order valence-electron chi connectivity index (χ4n) is 2.30. The zero-order valence-electron chi connectivity index (χ0n) is 11.3. The van der Waals surface area contributed by atoms with Crippen LogP contribution in [0.2, 0.25) is 0 Å². The van der Waals surface area contributed by atoms with Gasteiger partial charge in [-0.1, -0.05) is 30.3 Å². The number of hydrogen-bond acceptors (Lipinski definition) is 3. The number of aromatic amines is 1. The van der Waals surface area contributed by atoms with Crippen LogP contribution in [0.3, 0.4) is 0 Å². The van der Waals surface area contributed by atoms with Gasteiger partial charge in [0.1, 0.15) is 15.1 Å². The van der Waals surface area contributed by atoms with Crippen molar-refractivity contribution < 1.29 is 23.1 Å². The molecule has 0 atom stereocenters. The summed E-state index contributed by atoms with van der Waals surface area (Å²) in [5.41, 5.74) is -1.38. The molecule has 23 heavy (non-hydrogen) atoms. The lowest BCUT2D eigenvalue weighted by Crippen LogP contribution is -2.14. The molecular formula is C15H8F3NO3S. The molecule has 0 bridgehead atoms. The van der Waals surface area contributed by atoms with Crippen molar-refractivity contribution in [3.05, 3.63) is 57.2 Å². The number of thiophene rings is 1. The number of aromatic carboxylic acids is 1. The van der Waals surface area contributed by atoms with Crippen molar-refractivity contribution in [2.75, 3.05) is 0 Å². The maximum absolute atomic E-state index is 13.3. The van der Waals surface area contributed by atoms with Crippen molar-refractivity contribution >= 4 is 27.5 Å². The molecule has 118 valence electrons. The summed E-state index contributed by atoms with van der Waals surface area (Å²) in [5, 5.41) is 8.94. The number of H-pyrrole nitrogens is 1. The summed E-state index contributed by atoms with van der Waals surface area (Å²) in [6.45, 7) is 0. The maximum atomic E-state index is 13.3. The van der Waals surface area contributed by atoms with Crippen molar-refractivity contribution in [1.29, 1.82) is 0 Å². The normalized spacial score (nSPS) is 11.8. The van der Waals surface area contributed by atoms with Gasteiger partial charge in [-0.2, -0.15) is 13.2 Å². The Bertz CT molecular complexity index is 958. The summed E-state index contributed by atoms with van der Waals surface area (Å²) < 4.78 is 39.8. The molecule has 2 heterocycles. The maximum Gasteiger partial charge on any atom is 0.426 e. The lowest BCUT2D eigenvalue weighted by Gasteiger charge is -2.08. The van der Waals surface area contributed by atoms with Gasteiger partial charge in [-0.3, -0.25) is 4.79 Å². The molecule has 0 amide bonds. The molecule has 2 aromatic heterocycles. The Labute approximate surface area is 130 Å². The third-order valence-corrected chi connectivity index (χ3v) is 4.50. The van der Waals surface area contributed by atoms with Crippen LogP contribution in [0.15, 0.2) is 41.3 Å². The highest BCUT2D eigenvalue weighted by molar-refractivity contribution is 7.19. The summed E-state index contributed by atoms with van der Waals surface area (Å²) in [4.78, 5) is 24.7. The number of rotatable bonds is 2. The summed E-state index contributed by atoms with van der Waals surface area (Å²) in [6.07, 6.45) is -3.73. The predicted molar refractivity (Wildman–Crippen MR) is 79.8 cm³/mol. The molecule has 4 nitrogen and oxygen atoms in total. The van der Waals surface area contributed by atoms with Gasteiger partial charge < -0.3 is 10.1 Å². The molecule has 0 radical (unpaired) electrons. The summed E-state index contributed by atoms with van der Waals surface area (Å²) in [5.74, 6) is -1.49. The minimum atomic E-state index is -4.65. The summed E-state index contributed by atoms with van der Waals surface area (Å²) in [7, 11) is 0. The van der Waals surface area contributed by atoms with Crippen LogP contribution >= 0.6 is 11.3 Å². The van der Waals surface area contributed by atoms with Crippen LogP contribution in [0.25, 0.3) is 21.3 Å². The largest absolute Gasteiger partial charge is 0.477 e. The molecule has 3 aromatic rings. The van der Waals surface area contributed by atoms with Gasteiger partial charge in [0.25, 0.3) is 0 Å². The highest BCUT2D eigenvalue weighted by Crippen LogP contribution is 2.45. The average molecular weight is 339 g/mol. The van der Waals surface area contributed by atoms with Crippen molar-refractivity contribution in [2.24, 2.45) is 0 Å². The number of benzene rings is 1. The number of carboxylic acid groups (broad SMARTS) is 1. The molecule has 0 aliphatic carbocycles. The molecule has 2 N–H and O–H groups in total. The number of alkyl halides is 3. The van der Waals surface area contributed by atoms with Gasteiger partial charge in [0, 0.05) is 11.8 Å². The first-order valence-corrected chi connectivity index (χ1v) is 7.16. The number of nitrogens with one attached hydrogen (secondary N) is 1. The molecule has 0 fully saturated rings. The van der Waals surface area contributed by atoms with Gasteiger partial charge in [-0.15, -0.1) is 11.3 Å². The Morgan fingerprint density at radius 3 is 2.39 bits per heavy atom. The Kier molecular flexibility index (Phi) is 3.48. The van der Waals surface area contributed by atoms with Gasteiger partial charge >= 0.3 is 12.1 Å². The number of carboxylic acids is 1. The lowest BCUT2D eigenvalue weighted by atomic mass is 10.0. The van der Waals surface area contributed by atoms with Crippen LogP contribution in [-0.2, 0) is 6.18 Å². The lowest BCUT2D eigenvalue weighted by molar-refractivity contribution is -0.133. The summed E-state index contributed by atoms with van der Waals surface area (Å²) in [6, 6.07) is 7.84. The van der Waals surface area contributed by atoms with E-state index in [1.807, 2.05) is 0 Å². The monoisotopic (exact) mass is 339 g/mol. The first-order chi connectivity index (χ1) is 10.8. The molecule has 8 heteroatoms. The molecule has 3 rings (SSSR count). The van der Waals surface area contributed by atoms with E-state index in [1.165, 1.54) is 12.1 Å². The first kappa shape index (κ1) is 15.3. The Hall–Kier alpha value is -2.61. The van der Waals surface area contributed by atoms with Crippen molar-refractivity contribution in [3.8, 4) is 11.1 Å². The van der Waals surface area contributed by atoms with Gasteiger partial charge in [-0.05, 0) is 5.56 Å². The number of carbonyl (C=O) groups is 1. The van der Waals surface area contributed by atoms with E-state index in [9.17, 15) is 22.8 Å². The topological polar surface area (TPSA) is 70.2 Å². The van der Waals surface area contributed by atoms with Crippen molar-refractivity contribution in [2.45, 2.75) is 6.18 Å². The molecular weight excluding hydrogens is 331 g/mol. The minimum Gasteiger partial charge on any atom is -0.477 e. The number of fused-ring (bicyclic) bond motifs is 1. The molecule has 1 aromatic carbocycles. The fraction of sp³-hybridized carbons (Fsp3) is 0.0667. The van der Waals surface area contributed by atoms with E-state index in [1.54, 1.807) is 18.2 Å². The van der Waals surface area contributed by atoms with E-state index in [0.717, 1.165) is 6.20 Å². The van der Waals surface area contributed by atoms with Crippen LogP contribution in [0.5, 0.6) is 0 Å². The Morgan fingerprint density at radius 1 is 1.17 bits per heavy atom. The zero-order chi connectivity index (χ0) is 16.8. The zero-order valence-corrected chi connectivity index (χ0v) is 12.1. The number of hydrogen-bond donors (Lipinski definition) is 2. The highest BCUT2D eigenvalue weighted by atomic mass is 32.1. The second-order valence-electron chi connectivity index (χ2n) is 4.71. The summed E-state index contributed by atoms with van der Waals surface area (Å²) >= 11 is 0.252. The molecule has 0 unspecified atom stereocenters. The minimum absolute atomic E-state index is 0.0106. The van der Waals surface area contributed by atoms with Gasteiger partial charge in [0.2, 0.25) is 5.43 Å². The van der Waals surface area contributed by atoms with Crippen LogP contribution in [-0.4, -0.2) is 16.1 Å². The van der Waals surface area contributed by atoms with Gasteiger partial charge in [0.15, 0.2) is 0 Å². The first-order valence-electron chi connectivity index (χ1n) is 6.35. The molecule has 0 saturated heterocycles. The van der Waals surface area contributed by atoms with Gasteiger partial charge in [-0.25, -0.2) is 4.79 Å². The number of halogens is 3. The number of aromatic nitrogens is 1. The number of pyridine rings is 1. The molecule has 0 aliphatic rings. The van der Waals surface area contributed by atoms with Crippen LogP contribution in [0, 0.1) is 0 Å². The predicted octanol–water partition coefficient (Wildman–Crippen LogP) is 3.97. The second kappa shape index (κ2) is 5.24. The Balaban J connectivity index is 2.44. The second-order valence-corrected chi connectivity index (χ2v) is 5.73. The van der Waals surface area contributed by atoms with Crippen LogP contribution in [0.4, 0.5) is 13.2 Å². The standard InChI is InChI=1S/C15H8F3NO3S/c16-15(17,18)13-9(7-4-2-1-3-5-7)10-12(23-13)11(20)8(6-19-10)14(21)22/h1-6H,(H,19,20)(H,21,22). The molecule has 0 spiro atoms. The highest BCUT2D eigenvalue weighted by Gasteiger charge is 2.38. The third-order valence-electron chi connectivity index (χ3n) is 3.27. The van der Waals surface area contributed by atoms with Crippen molar-refractivity contribution in [1.82, 2.24) is 4.98 Å². The van der Waals surface area contributed by atoms with Gasteiger partial charge in [0.05, 0.1) is 5.52 Å². The van der Waals surface area contributed by atoms with E-state index in [2.05, 4.69) is 4.98 Å². The van der Waals surface area contributed by atoms with E-state index in [0.29, 0.717) is 5.56 Å². The van der Waals surface area contributed by atoms with E-state index in [-0.39, 0.29) is 27.1 Å². The fourth-order valence-corrected chi connectivity index (χ4v) is 3.41. The van der Waals surface area contributed by atoms with Crippen LogP contribution < -0.4 is 5.43 Å². The van der Waals surface area contributed by atoms with Crippen molar-refractivity contribution in [3.63, 3.8) is 0 Å². The molecule has 0 saturated carbocycles. The van der Waals surface area contributed by atoms with E-state index in [4.69, 9.17) is 5.11 Å². The van der Waals surface area contributed by atoms with Crippen LogP contribution in [0.1, 0.15) is 15.2 Å². The molecule has 0 aliphatic heterocycles. The smallest absolute Gasteiger partial charge is 0.426 e. The third kappa shape index (κ3) is 2.50. The SMILES string of the molecule is O=C(O)c1c[nH]c2c(-c3ccccc3)c(C(F)(F)F)sc2c1=O. The average Bonchev–Trinajstić information content (AvgIpc) is 2.88. The quantitative estimate of drug-likeness (QED) is 0.742. The van der Waals surface area contributed by atoms with E-state index < -0.39 is 28.0 Å².